The summed E-state index contributed by atoms with van der Waals surface area (Å²) in [5.74, 6) is -0.0617. The van der Waals surface area contributed by atoms with Crippen LogP contribution in [-0.2, 0) is 9.53 Å². The van der Waals surface area contributed by atoms with Gasteiger partial charge in [-0.15, -0.1) is 0 Å². The Kier molecular flexibility index (Phi) is 3.57. The minimum Gasteiger partial charge on any atom is -0.373 e. The van der Waals surface area contributed by atoms with E-state index in [1.807, 2.05) is 19.9 Å². The van der Waals surface area contributed by atoms with Crippen LogP contribution in [0.3, 0.4) is 0 Å². The smallest absolute Gasteiger partial charge is 0.226 e. The Morgan fingerprint density at radius 3 is 2.68 bits per heavy atom. The molecule has 0 radical (unpaired) electrons. The molecule has 0 saturated carbocycles. The Morgan fingerprint density at radius 1 is 1.47 bits per heavy atom. The van der Waals surface area contributed by atoms with Gasteiger partial charge in [-0.2, -0.15) is 0 Å². The van der Waals surface area contributed by atoms with E-state index in [0.29, 0.717) is 5.70 Å². The van der Waals surface area contributed by atoms with Gasteiger partial charge in [0.1, 0.15) is 0 Å². The fourth-order valence-electron chi connectivity index (χ4n) is 3.63. The first-order valence-corrected chi connectivity index (χ1v) is 7.22. The molecule has 0 N–H and O–H groups in total. The van der Waals surface area contributed by atoms with Crippen molar-refractivity contribution in [2.24, 2.45) is 10.8 Å². The number of carbonyl (C=O) groups excluding carboxylic acids is 1. The lowest BCUT2D eigenvalue weighted by Gasteiger charge is -2.53. The molecule has 0 unspecified atom stereocenters. The Labute approximate surface area is 115 Å². The molecule has 1 saturated heterocycles. The van der Waals surface area contributed by atoms with Crippen LogP contribution in [0.4, 0.5) is 0 Å². The predicted octanol–water partition coefficient (Wildman–Crippen LogP) is 3.75. The van der Waals surface area contributed by atoms with E-state index in [1.54, 1.807) is 0 Å². The number of rotatable bonds is 2. The predicted molar refractivity (Wildman–Crippen MR) is 74.4 cm³/mol. The third kappa shape index (κ3) is 2.03. The minimum atomic E-state index is -0.599. The van der Waals surface area contributed by atoms with E-state index >= 15 is 0 Å². The molecule has 0 aromatic carbocycles. The standard InChI is InChI=1S/C16H23NO2/c1-6-11-8-9-16(7-2)10-12(17-5)13(18)15(3,4)14(16)19-11/h10-11,14H,6-9H2,1-4H3/t11-,14+,16+/m0/s1. The number of Topliss-reactive ketones (excluding diaryl/α,β-unsaturated/α-hetero) is 1. The minimum absolute atomic E-state index is 0.0617. The number of hydrogen-bond acceptors (Lipinski definition) is 2. The van der Waals surface area contributed by atoms with Crippen LogP contribution in [0.15, 0.2) is 11.8 Å². The van der Waals surface area contributed by atoms with E-state index in [4.69, 9.17) is 11.3 Å². The molecular formula is C16H23NO2. The monoisotopic (exact) mass is 261 g/mol. The molecule has 19 heavy (non-hydrogen) atoms. The number of nitrogens with zero attached hydrogens (tertiary/aromatic N) is 1. The molecular weight excluding hydrogens is 238 g/mol. The van der Waals surface area contributed by atoms with Crippen LogP contribution in [0.2, 0.25) is 0 Å². The number of allylic oxidation sites excluding steroid dienone is 1. The van der Waals surface area contributed by atoms with Crippen molar-refractivity contribution in [2.45, 2.75) is 65.6 Å². The van der Waals surface area contributed by atoms with Gasteiger partial charge in [-0.3, -0.25) is 0 Å². The first kappa shape index (κ1) is 14.3. The Morgan fingerprint density at radius 2 is 2.16 bits per heavy atom. The molecule has 2 rings (SSSR count). The average Bonchev–Trinajstić information content (AvgIpc) is 2.42. The summed E-state index contributed by atoms with van der Waals surface area (Å²) in [6.07, 6.45) is 6.00. The zero-order valence-electron chi connectivity index (χ0n) is 12.3. The molecule has 3 nitrogen and oxygen atoms in total. The molecule has 1 aliphatic heterocycles. The van der Waals surface area contributed by atoms with Gasteiger partial charge in [0.25, 0.3) is 0 Å². The molecule has 1 aliphatic carbocycles. The third-order valence-electron chi connectivity index (χ3n) is 4.91. The maximum Gasteiger partial charge on any atom is 0.226 e. The maximum atomic E-state index is 12.4. The van der Waals surface area contributed by atoms with Crippen molar-refractivity contribution in [1.82, 2.24) is 0 Å². The number of fused-ring (bicyclic) bond motifs is 1. The van der Waals surface area contributed by atoms with E-state index in [0.717, 1.165) is 25.7 Å². The molecule has 0 aromatic rings. The fourth-order valence-corrected chi connectivity index (χ4v) is 3.63. The highest BCUT2D eigenvalue weighted by Gasteiger charge is 2.55. The van der Waals surface area contributed by atoms with Crippen LogP contribution in [0.1, 0.15) is 53.4 Å². The maximum absolute atomic E-state index is 12.4. The molecule has 0 spiro atoms. The zero-order chi connectivity index (χ0) is 14.3. The lowest BCUT2D eigenvalue weighted by Crippen LogP contribution is -2.56. The van der Waals surface area contributed by atoms with Crippen LogP contribution in [0.5, 0.6) is 0 Å². The van der Waals surface area contributed by atoms with Crippen LogP contribution in [-0.4, -0.2) is 18.0 Å². The molecule has 3 heteroatoms. The van der Waals surface area contributed by atoms with E-state index in [9.17, 15) is 4.79 Å². The highest BCUT2D eigenvalue weighted by Crippen LogP contribution is 2.53. The van der Waals surface area contributed by atoms with E-state index in [-0.39, 0.29) is 23.4 Å². The summed E-state index contributed by atoms with van der Waals surface area (Å²) in [5.41, 5.74) is -0.428. The first-order valence-electron chi connectivity index (χ1n) is 7.22. The molecule has 0 aromatic heterocycles. The molecule has 3 atom stereocenters. The second-order valence-corrected chi connectivity index (χ2v) is 6.36. The van der Waals surface area contributed by atoms with Crippen molar-refractivity contribution in [3.63, 3.8) is 0 Å². The summed E-state index contributed by atoms with van der Waals surface area (Å²) in [4.78, 5) is 15.9. The van der Waals surface area contributed by atoms with Gasteiger partial charge in [-0.1, -0.05) is 33.8 Å². The van der Waals surface area contributed by atoms with Crippen LogP contribution < -0.4 is 0 Å². The molecule has 0 amide bonds. The topological polar surface area (TPSA) is 30.7 Å². The van der Waals surface area contributed by atoms with Gasteiger partial charge in [-0.25, -0.2) is 4.85 Å². The van der Waals surface area contributed by atoms with Gasteiger partial charge in [0.2, 0.25) is 5.70 Å². The summed E-state index contributed by atoms with van der Waals surface area (Å²) in [6, 6.07) is 0. The molecule has 2 aliphatic rings. The molecule has 0 bridgehead atoms. The zero-order valence-corrected chi connectivity index (χ0v) is 12.3. The summed E-state index contributed by atoms with van der Waals surface area (Å²) in [5, 5.41) is 0. The van der Waals surface area contributed by atoms with Crippen molar-refractivity contribution < 1.29 is 9.53 Å². The second-order valence-electron chi connectivity index (χ2n) is 6.36. The van der Waals surface area contributed by atoms with Gasteiger partial charge in [0, 0.05) is 10.8 Å². The van der Waals surface area contributed by atoms with Crippen molar-refractivity contribution in [1.29, 1.82) is 0 Å². The molecule has 1 fully saturated rings. The highest BCUT2D eigenvalue weighted by molar-refractivity contribution is 6.02. The Bertz CT molecular complexity index is 458. The van der Waals surface area contributed by atoms with Crippen molar-refractivity contribution in [2.75, 3.05) is 0 Å². The normalized spacial score (nSPS) is 37.2. The quantitative estimate of drug-likeness (QED) is 0.709. The average molecular weight is 261 g/mol. The number of ether oxygens (including phenoxy) is 1. The van der Waals surface area contributed by atoms with Gasteiger partial charge in [-0.05, 0) is 25.7 Å². The summed E-state index contributed by atoms with van der Waals surface area (Å²) >= 11 is 0. The van der Waals surface area contributed by atoms with E-state index in [1.165, 1.54) is 0 Å². The van der Waals surface area contributed by atoms with Gasteiger partial charge >= 0.3 is 0 Å². The molecule has 1 heterocycles. The lowest BCUT2D eigenvalue weighted by molar-refractivity contribution is -0.175. The number of carbonyl (C=O) groups is 1. The Hall–Kier alpha value is -1.14. The van der Waals surface area contributed by atoms with Crippen LogP contribution in [0.25, 0.3) is 4.85 Å². The van der Waals surface area contributed by atoms with Crippen LogP contribution in [0, 0.1) is 17.4 Å². The lowest BCUT2D eigenvalue weighted by atomic mass is 9.59. The number of hydrogen-bond donors (Lipinski definition) is 0. The van der Waals surface area contributed by atoms with Crippen molar-refractivity contribution in [3.05, 3.63) is 23.2 Å². The van der Waals surface area contributed by atoms with E-state index in [2.05, 4.69) is 18.7 Å². The fraction of sp³-hybridized carbons (Fsp3) is 0.750. The summed E-state index contributed by atoms with van der Waals surface area (Å²) in [6.45, 7) is 15.4. The summed E-state index contributed by atoms with van der Waals surface area (Å²) in [7, 11) is 0. The van der Waals surface area contributed by atoms with Gasteiger partial charge in [0.05, 0.1) is 18.8 Å². The number of ketones is 1. The van der Waals surface area contributed by atoms with Crippen molar-refractivity contribution >= 4 is 5.78 Å². The largest absolute Gasteiger partial charge is 0.373 e. The first-order chi connectivity index (χ1) is 8.91. The van der Waals surface area contributed by atoms with Gasteiger partial charge in [0.15, 0.2) is 5.78 Å². The SMILES string of the molecule is [C-]#[N+]C1=C[C@@]2(CC)CC[C@H](CC)O[C@@H]2C(C)(C)C1=O. The van der Waals surface area contributed by atoms with Crippen molar-refractivity contribution in [3.8, 4) is 0 Å². The van der Waals surface area contributed by atoms with Gasteiger partial charge < -0.3 is 9.53 Å². The molecule has 104 valence electrons. The highest BCUT2D eigenvalue weighted by atomic mass is 16.5. The Balaban J connectivity index is 2.50. The second kappa shape index (κ2) is 4.76. The summed E-state index contributed by atoms with van der Waals surface area (Å²) < 4.78 is 6.24. The third-order valence-corrected chi connectivity index (χ3v) is 4.91. The van der Waals surface area contributed by atoms with Crippen LogP contribution >= 0.6 is 0 Å². The van der Waals surface area contributed by atoms with E-state index < -0.39 is 5.41 Å².